The Bertz CT molecular complexity index is 2470. The molecule has 0 aliphatic carbocycles. The fourth-order valence-corrected chi connectivity index (χ4v) is 6.87. The SMILES string of the molecule is Cc1ccc2c(c1)oc1cc(N(c3ccc(-c4ccccc4)c(-c4ccccc4)c3)c3ccc4c(c3)oc3cc(C)ccc34)ccc12. The molecule has 0 saturated carbocycles. The van der Waals surface area contributed by atoms with Crippen molar-refractivity contribution in [2.75, 3.05) is 4.90 Å². The van der Waals surface area contributed by atoms with E-state index in [9.17, 15) is 0 Å². The van der Waals surface area contributed by atoms with Gasteiger partial charge in [-0.15, -0.1) is 0 Å². The molecule has 224 valence electrons. The standard InChI is InChI=1S/C44H31NO2/c1-28-13-18-36-38-21-16-33(26-43(38)46-41(36)23-28)45(34-17-22-39-37-19-14-29(2)24-42(37)47-44(39)27-34)32-15-20-35(30-9-5-3-6-10-30)40(25-32)31-11-7-4-8-12-31/h3-27H,1-2H3. The van der Waals surface area contributed by atoms with E-state index >= 15 is 0 Å². The molecule has 47 heavy (non-hydrogen) atoms. The Morgan fingerprint density at radius 3 is 1.28 bits per heavy atom. The summed E-state index contributed by atoms with van der Waals surface area (Å²) in [5.74, 6) is 0. The molecule has 9 rings (SSSR count). The van der Waals surface area contributed by atoms with Gasteiger partial charge in [-0.2, -0.15) is 0 Å². The Balaban J connectivity index is 1.28. The topological polar surface area (TPSA) is 29.5 Å². The third-order valence-electron chi connectivity index (χ3n) is 9.17. The minimum atomic E-state index is 0.859. The second-order valence-electron chi connectivity index (χ2n) is 12.4. The number of furan rings is 2. The van der Waals surface area contributed by atoms with Gasteiger partial charge >= 0.3 is 0 Å². The Labute approximate surface area is 272 Å². The fraction of sp³-hybridized carbons (Fsp3) is 0.0455. The highest BCUT2D eigenvalue weighted by Gasteiger charge is 2.20. The Morgan fingerprint density at radius 1 is 0.362 bits per heavy atom. The summed E-state index contributed by atoms with van der Waals surface area (Å²) in [4.78, 5) is 2.30. The van der Waals surface area contributed by atoms with Gasteiger partial charge in [-0.05, 0) is 95.8 Å². The summed E-state index contributed by atoms with van der Waals surface area (Å²) in [5.41, 5.74) is 13.6. The van der Waals surface area contributed by atoms with Crippen LogP contribution in [0.2, 0.25) is 0 Å². The third-order valence-corrected chi connectivity index (χ3v) is 9.17. The highest BCUT2D eigenvalue weighted by atomic mass is 16.3. The first-order valence-electron chi connectivity index (χ1n) is 16.0. The molecule has 0 atom stereocenters. The molecule has 0 fully saturated rings. The normalized spacial score (nSPS) is 11.6. The monoisotopic (exact) mass is 605 g/mol. The number of benzene rings is 7. The van der Waals surface area contributed by atoms with Crippen molar-refractivity contribution in [2.24, 2.45) is 0 Å². The van der Waals surface area contributed by atoms with E-state index in [0.29, 0.717) is 0 Å². The summed E-state index contributed by atoms with van der Waals surface area (Å²) in [7, 11) is 0. The maximum atomic E-state index is 6.44. The zero-order valence-electron chi connectivity index (χ0n) is 26.2. The number of nitrogens with zero attached hydrogens (tertiary/aromatic N) is 1. The van der Waals surface area contributed by atoms with Gasteiger partial charge in [0, 0.05) is 50.7 Å². The van der Waals surface area contributed by atoms with Crippen LogP contribution in [-0.2, 0) is 0 Å². The minimum Gasteiger partial charge on any atom is -0.456 e. The van der Waals surface area contributed by atoms with Crippen LogP contribution in [0.1, 0.15) is 11.1 Å². The van der Waals surface area contributed by atoms with Gasteiger partial charge in [0.25, 0.3) is 0 Å². The summed E-state index contributed by atoms with van der Waals surface area (Å²) in [6.07, 6.45) is 0. The van der Waals surface area contributed by atoms with E-state index in [2.05, 4.69) is 170 Å². The Kier molecular flexibility index (Phi) is 6.26. The molecule has 3 heteroatoms. The maximum absolute atomic E-state index is 6.44. The van der Waals surface area contributed by atoms with E-state index in [1.807, 2.05) is 0 Å². The zero-order chi connectivity index (χ0) is 31.5. The molecular weight excluding hydrogens is 574 g/mol. The first-order chi connectivity index (χ1) is 23.1. The van der Waals surface area contributed by atoms with Crippen LogP contribution in [0, 0.1) is 13.8 Å². The van der Waals surface area contributed by atoms with Gasteiger partial charge in [0.2, 0.25) is 0 Å². The molecule has 0 N–H and O–H groups in total. The van der Waals surface area contributed by atoms with Gasteiger partial charge in [-0.25, -0.2) is 0 Å². The van der Waals surface area contributed by atoms with Crippen molar-refractivity contribution in [3.63, 3.8) is 0 Å². The molecule has 0 aliphatic rings. The van der Waals surface area contributed by atoms with E-state index in [1.165, 1.54) is 33.4 Å². The molecule has 0 radical (unpaired) electrons. The van der Waals surface area contributed by atoms with Gasteiger partial charge in [0.05, 0.1) is 0 Å². The lowest BCUT2D eigenvalue weighted by Crippen LogP contribution is -2.10. The summed E-state index contributed by atoms with van der Waals surface area (Å²) in [6.45, 7) is 4.19. The van der Waals surface area contributed by atoms with Gasteiger partial charge in [-0.1, -0.05) is 91.0 Å². The average molecular weight is 606 g/mol. The van der Waals surface area contributed by atoms with Crippen LogP contribution >= 0.6 is 0 Å². The van der Waals surface area contributed by atoms with Crippen LogP contribution in [0.3, 0.4) is 0 Å². The lowest BCUT2D eigenvalue weighted by atomic mass is 9.93. The number of anilines is 3. The van der Waals surface area contributed by atoms with Crippen molar-refractivity contribution >= 4 is 60.9 Å². The lowest BCUT2D eigenvalue weighted by molar-refractivity contribution is 0.668. The van der Waals surface area contributed by atoms with Crippen molar-refractivity contribution in [2.45, 2.75) is 13.8 Å². The van der Waals surface area contributed by atoms with E-state index in [0.717, 1.165) is 60.9 Å². The first kappa shape index (κ1) is 27.3. The molecule has 3 nitrogen and oxygen atoms in total. The van der Waals surface area contributed by atoms with Gasteiger partial charge in [0.1, 0.15) is 22.3 Å². The minimum absolute atomic E-state index is 0.859. The summed E-state index contributed by atoms with van der Waals surface area (Å²) in [6, 6.07) is 53.8. The van der Waals surface area contributed by atoms with Crippen molar-refractivity contribution in [3.05, 3.63) is 163 Å². The third kappa shape index (κ3) is 4.67. The van der Waals surface area contributed by atoms with Crippen molar-refractivity contribution in [1.29, 1.82) is 0 Å². The van der Waals surface area contributed by atoms with E-state index in [-0.39, 0.29) is 0 Å². The van der Waals surface area contributed by atoms with E-state index in [4.69, 9.17) is 8.83 Å². The number of rotatable bonds is 5. The number of aryl methyl sites for hydroxylation is 2. The largest absolute Gasteiger partial charge is 0.456 e. The number of hydrogen-bond acceptors (Lipinski definition) is 3. The average Bonchev–Trinajstić information content (AvgIpc) is 3.65. The molecule has 0 aliphatic heterocycles. The quantitative estimate of drug-likeness (QED) is 0.195. The molecule has 0 amide bonds. The zero-order valence-corrected chi connectivity index (χ0v) is 26.2. The van der Waals surface area contributed by atoms with Crippen molar-refractivity contribution in [3.8, 4) is 22.3 Å². The lowest BCUT2D eigenvalue weighted by Gasteiger charge is -2.27. The number of hydrogen-bond donors (Lipinski definition) is 0. The maximum Gasteiger partial charge on any atom is 0.137 e. The first-order valence-corrected chi connectivity index (χ1v) is 16.0. The number of fused-ring (bicyclic) bond motifs is 6. The fourth-order valence-electron chi connectivity index (χ4n) is 6.87. The van der Waals surface area contributed by atoms with Crippen LogP contribution in [-0.4, -0.2) is 0 Å². The van der Waals surface area contributed by atoms with E-state index in [1.54, 1.807) is 0 Å². The van der Waals surface area contributed by atoms with Crippen LogP contribution in [0.25, 0.3) is 66.1 Å². The molecular formula is C44H31NO2. The molecule has 0 saturated heterocycles. The second kappa shape index (κ2) is 10.8. The van der Waals surface area contributed by atoms with Crippen LogP contribution in [0.15, 0.2) is 160 Å². The second-order valence-corrected chi connectivity index (χ2v) is 12.4. The highest BCUT2D eigenvalue weighted by molar-refractivity contribution is 6.08. The molecule has 2 heterocycles. The molecule has 0 unspecified atom stereocenters. The molecule has 0 spiro atoms. The predicted octanol–water partition coefficient (Wildman–Crippen LogP) is 12.9. The summed E-state index contributed by atoms with van der Waals surface area (Å²) >= 11 is 0. The summed E-state index contributed by atoms with van der Waals surface area (Å²) in [5, 5.41) is 4.47. The Morgan fingerprint density at radius 2 is 0.766 bits per heavy atom. The van der Waals surface area contributed by atoms with E-state index < -0.39 is 0 Å². The van der Waals surface area contributed by atoms with Crippen LogP contribution in [0.4, 0.5) is 17.1 Å². The van der Waals surface area contributed by atoms with Gasteiger partial charge in [0.15, 0.2) is 0 Å². The van der Waals surface area contributed by atoms with Gasteiger partial charge in [-0.3, -0.25) is 0 Å². The van der Waals surface area contributed by atoms with Crippen molar-refractivity contribution in [1.82, 2.24) is 0 Å². The summed E-state index contributed by atoms with van der Waals surface area (Å²) < 4.78 is 12.9. The molecule has 7 aromatic carbocycles. The van der Waals surface area contributed by atoms with Crippen LogP contribution in [0.5, 0.6) is 0 Å². The predicted molar refractivity (Wildman–Crippen MR) is 196 cm³/mol. The van der Waals surface area contributed by atoms with Gasteiger partial charge < -0.3 is 13.7 Å². The smallest absolute Gasteiger partial charge is 0.137 e. The Hall–Kier alpha value is -6.06. The molecule has 2 aromatic heterocycles. The molecule has 9 aromatic rings. The van der Waals surface area contributed by atoms with Crippen molar-refractivity contribution < 1.29 is 8.83 Å². The van der Waals surface area contributed by atoms with Crippen LogP contribution < -0.4 is 4.90 Å². The molecule has 0 bridgehead atoms. The highest BCUT2D eigenvalue weighted by Crippen LogP contribution is 2.43.